The highest BCUT2D eigenvalue weighted by molar-refractivity contribution is 7.90. The van der Waals surface area contributed by atoms with Gasteiger partial charge in [0.05, 0.1) is 11.0 Å². The van der Waals surface area contributed by atoms with Crippen LogP contribution < -0.4 is 14.8 Å². The van der Waals surface area contributed by atoms with E-state index in [2.05, 4.69) is 16.4 Å². The molecule has 0 bridgehead atoms. The van der Waals surface area contributed by atoms with Gasteiger partial charge in [-0.3, -0.25) is 9.78 Å². The zero-order valence-electron chi connectivity index (χ0n) is 20.6. The van der Waals surface area contributed by atoms with Gasteiger partial charge in [-0.25, -0.2) is 13.1 Å². The number of nitrogens with zero attached hydrogens (tertiary/aromatic N) is 1. The Labute approximate surface area is 216 Å². The Morgan fingerprint density at radius 1 is 1.19 bits per heavy atom. The van der Waals surface area contributed by atoms with Crippen molar-refractivity contribution in [2.45, 2.75) is 36.9 Å². The Morgan fingerprint density at radius 3 is 2.70 bits per heavy atom. The molecule has 3 N–H and O–H groups in total. The Balaban J connectivity index is 1.33. The zero-order chi connectivity index (χ0) is 26.3. The fourth-order valence-corrected chi connectivity index (χ4v) is 5.07. The molecule has 0 unspecified atom stereocenters. The molecule has 0 saturated carbocycles. The molecule has 1 aliphatic rings. The van der Waals surface area contributed by atoms with Crippen LogP contribution in [0.3, 0.4) is 0 Å². The zero-order valence-corrected chi connectivity index (χ0v) is 21.4. The highest BCUT2D eigenvalue weighted by atomic mass is 32.2. The van der Waals surface area contributed by atoms with Gasteiger partial charge >= 0.3 is 0 Å². The normalized spacial score (nSPS) is 15.9. The Hall–Kier alpha value is -3.31. The van der Waals surface area contributed by atoms with E-state index in [4.69, 9.17) is 9.47 Å². The predicted octanol–water partition coefficient (Wildman–Crippen LogP) is 2.61. The number of rotatable bonds is 11. The van der Waals surface area contributed by atoms with Crippen molar-refractivity contribution in [3.63, 3.8) is 0 Å². The number of nitrogens with one attached hydrogen (secondary N) is 2. The number of sulfonamides is 1. The highest BCUT2D eigenvalue weighted by Gasteiger charge is 2.21. The van der Waals surface area contributed by atoms with Gasteiger partial charge < -0.3 is 19.9 Å². The third-order valence-electron chi connectivity index (χ3n) is 6.05. The minimum absolute atomic E-state index is 0.00174. The average molecular weight is 526 g/mol. The molecule has 1 aromatic heterocycles. The van der Waals surface area contributed by atoms with Crippen LogP contribution >= 0.6 is 0 Å². The molecule has 0 radical (unpaired) electrons. The topological polar surface area (TPSA) is 127 Å². The van der Waals surface area contributed by atoms with Gasteiger partial charge in [0.25, 0.3) is 15.9 Å². The smallest absolute Gasteiger partial charge is 0.264 e. The van der Waals surface area contributed by atoms with Crippen LogP contribution in [-0.2, 0) is 26.0 Å². The SMILES string of the molecule is CCOCC(=O)NS(=O)(=O)c1ccc(-c2ccc3c(c2)CC[C@H](CNC[C@@H](O)c2cccnc2)O3)cc1. The highest BCUT2D eigenvalue weighted by Crippen LogP contribution is 2.32. The average Bonchev–Trinajstić information content (AvgIpc) is 2.92. The first kappa shape index (κ1) is 26.7. The lowest BCUT2D eigenvalue weighted by molar-refractivity contribution is -0.123. The molecule has 1 aliphatic heterocycles. The summed E-state index contributed by atoms with van der Waals surface area (Å²) >= 11 is 0. The number of carbonyl (C=O) groups is 1. The van der Waals surface area contributed by atoms with Crippen molar-refractivity contribution in [1.29, 1.82) is 0 Å². The van der Waals surface area contributed by atoms with Crippen LogP contribution in [0, 0.1) is 0 Å². The second-order valence-electron chi connectivity index (χ2n) is 8.75. The number of carbonyl (C=O) groups excluding carboxylic acids is 1. The first-order valence-corrected chi connectivity index (χ1v) is 13.7. The van der Waals surface area contributed by atoms with Crippen molar-refractivity contribution in [2.24, 2.45) is 0 Å². The van der Waals surface area contributed by atoms with Gasteiger partial charge in [-0.15, -0.1) is 0 Å². The standard InChI is InChI=1S/C27H31N3O6S/c1-2-35-18-27(32)30-37(33,34)24-10-6-19(7-11-24)20-8-12-26-21(14-20)5-9-23(36-26)16-29-17-25(31)22-4-3-13-28-15-22/h3-4,6-8,10-15,23,25,29,31H,2,5,9,16-18H2,1H3,(H,30,32)/t23-,25-/m1/s1. The summed E-state index contributed by atoms with van der Waals surface area (Å²) in [4.78, 5) is 15.8. The van der Waals surface area contributed by atoms with Crippen molar-refractivity contribution in [3.05, 3.63) is 78.1 Å². The van der Waals surface area contributed by atoms with E-state index in [9.17, 15) is 18.3 Å². The molecule has 4 rings (SSSR count). The lowest BCUT2D eigenvalue weighted by Gasteiger charge is -2.27. The third-order valence-corrected chi connectivity index (χ3v) is 7.44. The number of fused-ring (bicyclic) bond motifs is 1. The van der Waals surface area contributed by atoms with E-state index in [1.165, 1.54) is 12.1 Å². The van der Waals surface area contributed by atoms with Gasteiger partial charge in [-0.2, -0.15) is 0 Å². The number of hydrogen-bond acceptors (Lipinski definition) is 8. The molecular formula is C27H31N3O6S. The van der Waals surface area contributed by atoms with E-state index >= 15 is 0 Å². The van der Waals surface area contributed by atoms with E-state index in [-0.39, 0.29) is 17.6 Å². The molecule has 10 heteroatoms. The van der Waals surface area contributed by atoms with E-state index in [0.717, 1.165) is 40.8 Å². The molecule has 37 heavy (non-hydrogen) atoms. The number of aromatic nitrogens is 1. The van der Waals surface area contributed by atoms with E-state index in [1.54, 1.807) is 37.5 Å². The molecule has 0 spiro atoms. The van der Waals surface area contributed by atoms with Crippen LogP contribution in [-0.4, -0.2) is 56.8 Å². The summed E-state index contributed by atoms with van der Waals surface area (Å²) in [5.74, 6) is 0.115. The summed E-state index contributed by atoms with van der Waals surface area (Å²) in [6, 6.07) is 16.0. The van der Waals surface area contributed by atoms with Crippen molar-refractivity contribution in [1.82, 2.24) is 15.0 Å². The van der Waals surface area contributed by atoms with Crippen LogP contribution in [0.25, 0.3) is 11.1 Å². The molecule has 0 fully saturated rings. The molecule has 196 valence electrons. The van der Waals surface area contributed by atoms with Crippen molar-refractivity contribution in [3.8, 4) is 16.9 Å². The van der Waals surface area contributed by atoms with E-state index < -0.39 is 22.0 Å². The molecule has 2 aromatic carbocycles. The van der Waals surface area contributed by atoms with Crippen molar-refractivity contribution < 1.29 is 27.8 Å². The second-order valence-corrected chi connectivity index (χ2v) is 10.4. The number of amides is 1. The molecule has 3 aromatic rings. The molecule has 9 nitrogen and oxygen atoms in total. The lowest BCUT2D eigenvalue weighted by Crippen LogP contribution is -2.36. The molecule has 1 amide bonds. The number of hydrogen-bond donors (Lipinski definition) is 3. The first-order valence-electron chi connectivity index (χ1n) is 12.2. The quantitative estimate of drug-likeness (QED) is 0.349. The molecule has 0 aliphatic carbocycles. The van der Waals surface area contributed by atoms with Gasteiger partial charge in [0.15, 0.2) is 0 Å². The summed E-state index contributed by atoms with van der Waals surface area (Å²) < 4.78 is 38.0. The molecule has 2 heterocycles. The lowest BCUT2D eigenvalue weighted by atomic mass is 9.97. The largest absolute Gasteiger partial charge is 0.489 e. The Morgan fingerprint density at radius 2 is 1.97 bits per heavy atom. The van der Waals surface area contributed by atoms with Gasteiger partial charge in [0.2, 0.25) is 0 Å². The van der Waals surface area contributed by atoms with Gasteiger partial charge in [0.1, 0.15) is 18.5 Å². The minimum Gasteiger partial charge on any atom is -0.489 e. The fourth-order valence-electron chi connectivity index (χ4n) is 4.10. The van der Waals surface area contributed by atoms with Crippen molar-refractivity contribution in [2.75, 3.05) is 26.3 Å². The maximum atomic E-state index is 12.4. The van der Waals surface area contributed by atoms with Gasteiger partial charge in [0, 0.05) is 37.7 Å². The third kappa shape index (κ3) is 7.14. The summed E-state index contributed by atoms with van der Waals surface area (Å²) in [6.45, 7) is 2.77. The number of benzene rings is 2. The maximum absolute atomic E-state index is 12.4. The summed E-state index contributed by atoms with van der Waals surface area (Å²) in [5.41, 5.74) is 3.66. The fraction of sp³-hybridized carbons (Fsp3) is 0.333. The molecule has 2 atom stereocenters. The first-order chi connectivity index (χ1) is 17.9. The number of aryl methyl sites for hydroxylation is 1. The van der Waals surface area contributed by atoms with Crippen LogP contribution in [0.15, 0.2) is 71.9 Å². The summed E-state index contributed by atoms with van der Waals surface area (Å²) in [6.07, 6.45) is 4.40. The van der Waals surface area contributed by atoms with Crippen LogP contribution in [0.1, 0.15) is 30.6 Å². The number of ether oxygens (including phenoxy) is 2. The molecular weight excluding hydrogens is 494 g/mol. The summed E-state index contributed by atoms with van der Waals surface area (Å²) in [5, 5.41) is 13.6. The monoisotopic (exact) mass is 525 g/mol. The predicted molar refractivity (Wildman–Crippen MR) is 139 cm³/mol. The van der Waals surface area contributed by atoms with E-state index in [1.807, 2.05) is 22.9 Å². The minimum atomic E-state index is -3.96. The Bertz CT molecular complexity index is 1300. The van der Waals surface area contributed by atoms with Crippen LogP contribution in [0.4, 0.5) is 0 Å². The summed E-state index contributed by atoms with van der Waals surface area (Å²) in [7, 11) is -3.96. The Kier molecular flexibility index (Phi) is 8.88. The van der Waals surface area contributed by atoms with Gasteiger partial charge in [-0.05, 0) is 66.8 Å². The van der Waals surface area contributed by atoms with Crippen molar-refractivity contribution >= 4 is 15.9 Å². The second kappa shape index (κ2) is 12.3. The maximum Gasteiger partial charge on any atom is 0.264 e. The van der Waals surface area contributed by atoms with Crippen LogP contribution in [0.5, 0.6) is 5.75 Å². The number of aliphatic hydroxyl groups is 1. The molecule has 0 saturated heterocycles. The number of pyridine rings is 1. The van der Waals surface area contributed by atoms with Crippen LogP contribution in [0.2, 0.25) is 0 Å². The number of aliphatic hydroxyl groups excluding tert-OH is 1. The van der Waals surface area contributed by atoms with Gasteiger partial charge in [-0.1, -0.05) is 24.3 Å². The van der Waals surface area contributed by atoms with E-state index in [0.29, 0.717) is 19.7 Å².